The number of carbonyl (C=O) groups is 1. The number of benzene rings is 1. The molecule has 2 aromatic rings. The summed E-state index contributed by atoms with van der Waals surface area (Å²) in [7, 11) is 3.86. The molecule has 5 heteroatoms. The molecule has 0 saturated heterocycles. The summed E-state index contributed by atoms with van der Waals surface area (Å²) in [5.41, 5.74) is 1.93. The molecule has 2 rings (SSSR count). The zero-order chi connectivity index (χ0) is 17.4. The quantitative estimate of drug-likeness (QED) is 0.884. The number of amides is 1. The Morgan fingerprint density at radius 3 is 2.48 bits per heavy atom. The second kappa shape index (κ2) is 6.07. The molecule has 5 nitrogen and oxygen atoms in total. The summed E-state index contributed by atoms with van der Waals surface area (Å²) < 4.78 is 5.43. The van der Waals surface area contributed by atoms with E-state index >= 15 is 0 Å². The summed E-state index contributed by atoms with van der Waals surface area (Å²) in [5, 5.41) is 3.72. The van der Waals surface area contributed by atoms with Gasteiger partial charge >= 0.3 is 5.63 Å². The largest absolute Gasteiger partial charge is 0.422 e. The Morgan fingerprint density at radius 1 is 1.26 bits per heavy atom. The molecular formula is C18H24N2O3. The first-order chi connectivity index (χ1) is 10.6. The van der Waals surface area contributed by atoms with Crippen LogP contribution in [-0.4, -0.2) is 25.5 Å². The van der Waals surface area contributed by atoms with Gasteiger partial charge in [-0.25, -0.2) is 4.79 Å². The first-order valence-corrected chi connectivity index (χ1v) is 7.63. The lowest BCUT2D eigenvalue weighted by Gasteiger charge is -2.20. The van der Waals surface area contributed by atoms with Crippen molar-refractivity contribution in [1.82, 2.24) is 5.32 Å². The molecule has 0 aliphatic carbocycles. The standard InChI is InChI=1S/C18H24N2O3/c1-11-13-8-7-12(20(5)6)9-15(13)23-17(22)14(11)10-16(21)19-18(2,3)4/h7-9H,10H2,1-6H3,(H,19,21). The topological polar surface area (TPSA) is 62.6 Å². The maximum Gasteiger partial charge on any atom is 0.340 e. The molecule has 0 spiro atoms. The van der Waals surface area contributed by atoms with E-state index in [1.54, 1.807) is 0 Å². The molecule has 0 saturated carbocycles. The van der Waals surface area contributed by atoms with Gasteiger partial charge < -0.3 is 14.6 Å². The van der Waals surface area contributed by atoms with Crippen molar-refractivity contribution in [2.24, 2.45) is 0 Å². The SMILES string of the molecule is Cc1c(CC(=O)NC(C)(C)C)c(=O)oc2cc(N(C)C)ccc12. The fraction of sp³-hybridized carbons (Fsp3) is 0.444. The minimum Gasteiger partial charge on any atom is -0.422 e. The van der Waals surface area contributed by atoms with Gasteiger partial charge in [-0.2, -0.15) is 0 Å². The van der Waals surface area contributed by atoms with Gasteiger partial charge in [-0.3, -0.25) is 4.79 Å². The van der Waals surface area contributed by atoms with Crippen molar-refractivity contribution in [3.8, 4) is 0 Å². The molecule has 0 fully saturated rings. The van der Waals surface area contributed by atoms with Crippen molar-refractivity contribution >= 4 is 22.6 Å². The lowest BCUT2D eigenvalue weighted by molar-refractivity contribution is -0.121. The highest BCUT2D eigenvalue weighted by Gasteiger charge is 2.18. The summed E-state index contributed by atoms with van der Waals surface area (Å²) in [6.45, 7) is 7.57. The Labute approximate surface area is 136 Å². The van der Waals surface area contributed by atoms with Crippen LogP contribution < -0.4 is 15.8 Å². The summed E-state index contributed by atoms with van der Waals surface area (Å²) in [5.74, 6) is -0.183. The lowest BCUT2D eigenvalue weighted by Crippen LogP contribution is -2.42. The molecule has 0 atom stereocenters. The van der Waals surface area contributed by atoms with Crippen molar-refractivity contribution < 1.29 is 9.21 Å². The van der Waals surface area contributed by atoms with E-state index < -0.39 is 5.63 Å². The molecular weight excluding hydrogens is 292 g/mol. The van der Waals surface area contributed by atoms with Gasteiger partial charge in [0, 0.05) is 36.8 Å². The lowest BCUT2D eigenvalue weighted by atomic mass is 10.0. The number of aryl methyl sites for hydroxylation is 1. The van der Waals surface area contributed by atoms with E-state index in [-0.39, 0.29) is 17.9 Å². The zero-order valence-electron chi connectivity index (χ0n) is 14.6. The van der Waals surface area contributed by atoms with Crippen LogP contribution in [0.15, 0.2) is 27.4 Å². The van der Waals surface area contributed by atoms with E-state index in [0.717, 1.165) is 16.6 Å². The van der Waals surface area contributed by atoms with Crippen molar-refractivity contribution in [2.45, 2.75) is 39.7 Å². The van der Waals surface area contributed by atoms with Crippen LogP contribution in [0.4, 0.5) is 5.69 Å². The molecule has 0 bridgehead atoms. The van der Waals surface area contributed by atoms with E-state index in [2.05, 4.69) is 5.32 Å². The van der Waals surface area contributed by atoms with Crippen LogP contribution in [0.2, 0.25) is 0 Å². The molecule has 1 heterocycles. The van der Waals surface area contributed by atoms with E-state index in [4.69, 9.17) is 4.42 Å². The molecule has 0 radical (unpaired) electrons. The van der Waals surface area contributed by atoms with Crippen LogP contribution in [0, 0.1) is 6.92 Å². The first kappa shape index (κ1) is 17.1. The Kier molecular flexibility index (Phi) is 4.50. The molecule has 23 heavy (non-hydrogen) atoms. The number of rotatable bonds is 3. The van der Waals surface area contributed by atoms with Gasteiger partial charge in [0.1, 0.15) is 5.58 Å². The summed E-state index contributed by atoms with van der Waals surface area (Å²) in [6.07, 6.45) is 0.0246. The predicted molar refractivity (Wildman–Crippen MR) is 93.1 cm³/mol. The minimum atomic E-state index is -0.449. The van der Waals surface area contributed by atoms with E-state index in [1.807, 2.05) is 64.9 Å². The number of hydrogen-bond acceptors (Lipinski definition) is 4. The molecule has 1 N–H and O–H groups in total. The molecule has 124 valence electrons. The van der Waals surface area contributed by atoms with Crippen LogP contribution >= 0.6 is 0 Å². The van der Waals surface area contributed by atoms with Gasteiger partial charge in [-0.15, -0.1) is 0 Å². The van der Waals surface area contributed by atoms with Crippen LogP contribution in [0.5, 0.6) is 0 Å². The number of carbonyl (C=O) groups excluding carboxylic acids is 1. The molecule has 0 unspecified atom stereocenters. The number of nitrogens with zero attached hydrogens (tertiary/aromatic N) is 1. The molecule has 1 aromatic carbocycles. The number of fused-ring (bicyclic) bond motifs is 1. The normalized spacial score (nSPS) is 11.6. The van der Waals surface area contributed by atoms with Crippen LogP contribution in [0.3, 0.4) is 0 Å². The average Bonchev–Trinajstić information content (AvgIpc) is 2.40. The third-order valence-corrected chi connectivity index (χ3v) is 3.64. The number of hydrogen-bond donors (Lipinski definition) is 1. The van der Waals surface area contributed by atoms with Crippen molar-refractivity contribution in [1.29, 1.82) is 0 Å². The average molecular weight is 316 g/mol. The van der Waals surface area contributed by atoms with Gasteiger partial charge in [0.25, 0.3) is 0 Å². The third kappa shape index (κ3) is 3.92. The van der Waals surface area contributed by atoms with Crippen molar-refractivity contribution in [3.05, 3.63) is 39.7 Å². The summed E-state index contributed by atoms with van der Waals surface area (Å²) in [6, 6.07) is 5.73. The van der Waals surface area contributed by atoms with Crippen LogP contribution in [0.25, 0.3) is 11.0 Å². The highest BCUT2D eigenvalue weighted by atomic mass is 16.4. The van der Waals surface area contributed by atoms with Gasteiger partial charge in [0.15, 0.2) is 0 Å². The second-order valence-corrected chi connectivity index (χ2v) is 7.04. The van der Waals surface area contributed by atoms with Crippen LogP contribution in [-0.2, 0) is 11.2 Å². The van der Waals surface area contributed by atoms with E-state index in [9.17, 15) is 9.59 Å². The van der Waals surface area contributed by atoms with Gasteiger partial charge in [0.2, 0.25) is 5.91 Å². The Morgan fingerprint density at radius 2 is 1.91 bits per heavy atom. The van der Waals surface area contributed by atoms with E-state index in [0.29, 0.717) is 11.1 Å². The third-order valence-electron chi connectivity index (χ3n) is 3.64. The van der Waals surface area contributed by atoms with Gasteiger partial charge in [-0.05, 0) is 45.4 Å². The molecule has 1 aromatic heterocycles. The number of anilines is 1. The Hall–Kier alpha value is -2.30. The number of nitrogens with one attached hydrogen (secondary N) is 1. The van der Waals surface area contributed by atoms with Crippen molar-refractivity contribution in [3.63, 3.8) is 0 Å². The highest BCUT2D eigenvalue weighted by molar-refractivity contribution is 5.86. The van der Waals surface area contributed by atoms with Crippen LogP contribution in [0.1, 0.15) is 31.9 Å². The minimum absolute atomic E-state index is 0.0246. The maximum atomic E-state index is 12.3. The zero-order valence-corrected chi connectivity index (χ0v) is 14.6. The van der Waals surface area contributed by atoms with E-state index in [1.165, 1.54) is 0 Å². The monoisotopic (exact) mass is 316 g/mol. The molecule has 1 amide bonds. The Bertz CT molecular complexity index is 798. The molecule has 0 aliphatic rings. The Balaban J connectivity index is 2.44. The predicted octanol–water partition coefficient (Wildman–Crippen LogP) is 2.62. The smallest absolute Gasteiger partial charge is 0.340 e. The summed E-state index contributed by atoms with van der Waals surface area (Å²) in [4.78, 5) is 26.3. The second-order valence-electron chi connectivity index (χ2n) is 7.04. The maximum absolute atomic E-state index is 12.3. The van der Waals surface area contributed by atoms with Gasteiger partial charge in [-0.1, -0.05) is 0 Å². The van der Waals surface area contributed by atoms with Crippen molar-refractivity contribution in [2.75, 3.05) is 19.0 Å². The fourth-order valence-electron chi connectivity index (χ4n) is 2.49. The fourth-order valence-corrected chi connectivity index (χ4v) is 2.49. The first-order valence-electron chi connectivity index (χ1n) is 7.63. The summed E-state index contributed by atoms with van der Waals surface area (Å²) >= 11 is 0. The highest BCUT2D eigenvalue weighted by Crippen LogP contribution is 2.24. The van der Waals surface area contributed by atoms with Gasteiger partial charge in [0.05, 0.1) is 12.0 Å². The molecule has 0 aliphatic heterocycles.